The van der Waals surface area contributed by atoms with Crippen molar-refractivity contribution in [1.29, 1.82) is 0 Å². The molecule has 0 radical (unpaired) electrons. The zero-order chi connectivity index (χ0) is 25.0. The highest BCUT2D eigenvalue weighted by molar-refractivity contribution is 7.90. The Morgan fingerprint density at radius 3 is 2.71 bits per heavy atom. The lowest BCUT2D eigenvalue weighted by Crippen LogP contribution is -2.40. The number of anilines is 2. The Morgan fingerprint density at radius 2 is 2.06 bits per heavy atom. The molecule has 2 aromatic carbocycles. The molecule has 34 heavy (non-hydrogen) atoms. The molecule has 0 spiro atoms. The van der Waals surface area contributed by atoms with Gasteiger partial charge in [0.15, 0.2) is 9.84 Å². The quantitative estimate of drug-likeness (QED) is 0.293. The van der Waals surface area contributed by atoms with E-state index in [1.54, 1.807) is 0 Å². The first kappa shape index (κ1) is 25.9. The molecule has 1 heterocycles. The number of hydrogen-bond donors (Lipinski definition) is 2. The van der Waals surface area contributed by atoms with Crippen molar-refractivity contribution in [2.75, 3.05) is 30.0 Å². The summed E-state index contributed by atoms with van der Waals surface area (Å²) in [6.07, 6.45) is 4.82. The maximum atomic E-state index is 14.5. The molecule has 0 aromatic heterocycles. The lowest BCUT2D eigenvalue weighted by atomic mass is 9.97. The molecule has 1 aliphatic rings. The van der Waals surface area contributed by atoms with Crippen LogP contribution in [0.15, 0.2) is 40.1 Å². The second kappa shape index (κ2) is 10.7. The average molecular weight is 514 g/mol. The summed E-state index contributed by atoms with van der Waals surface area (Å²) in [5, 5.41) is 9.04. The summed E-state index contributed by atoms with van der Waals surface area (Å²) in [4.78, 5) is 12.4. The van der Waals surface area contributed by atoms with E-state index in [2.05, 4.69) is 0 Å². The molecule has 0 bridgehead atoms. The molecule has 1 fully saturated rings. The zero-order valence-corrected chi connectivity index (χ0v) is 20.2. The fraction of sp³-hybridized carbons (Fsp3) is 0.409. The van der Waals surface area contributed by atoms with Gasteiger partial charge in [-0.25, -0.2) is 17.6 Å². The van der Waals surface area contributed by atoms with Crippen molar-refractivity contribution in [3.05, 3.63) is 41.7 Å². The Labute approximate surface area is 199 Å². The van der Waals surface area contributed by atoms with Gasteiger partial charge in [0.1, 0.15) is 16.5 Å². The van der Waals surface area contributed by atoms with Crippen molar-refractivity contribution >= 4 is 38.3 Å². The molecule has 0 saturated carbocycles. The van der Waals surface area contributed by atoms with Gasteiger partial charge in [-0.1, -0.05) is 0 Å². The highest BCUT2D eigenvalue weighted by Gasteiger charge is 2.26. The van der Waals surface area contributed by atoms with Crippen molar-refractivity contribution in [2.24, 2.45) is 0 Å². The van der Waals surface area contributed by atoms with Crippen LogP contribution in [0, 0.1) is 5.82 Å². The standard InChI is InChI=1S/C22H27FN2O7S2/c1-34(30,31)21-13-17(24)18(12-16(21)23)25-9-3-2-5-15(25)6-4-10-32-19-8-7-14(22(26)27)11-20(19)33(28)29/h7-8,11-13,15H,2-6,9-10,24H2,1H3,(H,26,27)(H,28,29)/p-1. The summed E-state index contributed by atoms with van der Waals surface area (Å²) in [5.74, 6) is -2.01. The molecule has 3 rings (SSSR count). The second-order valence-electron chi connectivity index (χ2n) is 8.15. The fourth-order valence-corrected chi connectivity index (χ4v) is 5.37. The Kier molecular flexibility index (Phi) is 8.16. The van der Waals surface area contributed by atoms with E-state index in [9.17, 15) is 26.4 Å². The van der Waals surface area contributed by atoms with Crippen molar-refractivity contribution in [3.8, 4) is 5.75 Å². The van der Waals surface area contributed by atoms with Crippen LogP contribution in [-0.4, -0.2) is 53.7 Å². The Bertz CT molecular complexity index is 1200. The lowest BCUT2D eigenvalue weighted by molar-refractivity contribution is 0.0696. The van der Waals surface area contributed by atoms with Gasteiger partial charge in [-0.2, -0.15) is 0 Å². The summed E-state index contributed by atoms with van der Waals surface area (Å²) < 4.78 is 66.6. The first-order valence-electron chi connectivity index (χ1n) is 10.6. The van der Waals surface area contributed by atoms with Gasteiger partial charge in [-0.05, 0) is 67.5 Å². The minimum absolute atomic E-state index is 0.0191. The number of sulfone groups is 1. The molecule has 2 unspecified atom stereocenters. The maximum Gasteiger partial charge on any atom is 0.335 e. The van der Waals surface area contributed by atoms with Gasteiger partial charge in [0.05, 0.1) is 28.4 Å². The average Bonchev–Trinajstić information content (AvgIpc) is 2.77. The molecule has 186 valence electrons. The van der Waals surface area contributed by atoms with Crippen LogP contribution < -0.4 is 15.4 Å². The van der Waals surface area contributed by atoms with E-state index < -0.39 is 37.6 Å². The number of nitrogen functional groups attached to an aromatic ring is 1. The molecule has 2 aromatic rings. The number of carboxylic acids is 1. The molecule has 3 N–H and O–H groups in total. The Morgan fingerprint density at radius 1 is 1.32 bits per heavy atom. The van der Waals surface area contributed by atoms with Crippen LogP contribution in [0.1, 0.15) is 42.5 Å². The number of benzene rings is 2. The highest BCUT2D eigenvalue weighted by atomic mass is 32.2. The number of rotatable bonds is 9. The molecule has 2 atom stereocenters. The molecular weight excluding hydrogens is 487 g/mol. The van der Waals surface area contributed by atoms with E-state index in [1.807, 2.05) is 4.90 Å². The lowest BCUT2D eigenvalue weighted by Gasteiger charge is -2.38. The predicted octanol–water partition coefficient (Wildman–Crippen LogP) is 2.97. The number of halogens is 1. The summed E-state index contributed by atoms with van der Waals surface area (Å²) in [7, 11) is -3.74. The van der Waals surface area contributed by atoms with E-state index in [4.69, 9.17) is 15.6 Å². The zero-order valence-electron chi connectivity index (χ0n) is 18.5. The minimum Gasteiger partial charge on any atom is -0.768 e. The smallest absolute Gasteiger partial charge is 0.335 e. The van der Waals surface area contributed by atoms with Crippen molar-refractivity contribution in [2.45, 2.75) is 47.9 Å². The van der Waals surface area contributed by atoms with Crippen LogP contribution in [0.3, 0.4) is 0 Å². The SMILES string of the molecule is CS(=O)(=O)c1cc(N)c(N2CCCCC2CCCOc2ccc(C(=O)O)cc2S(=O)[O-])cc1F. The van der Waals surface area contributed by atoms with Crippen LogP contribution in [-0.2, 0) is 20.9 Å². The van der Waals surface area contributed by atoms with Crippen LogP contribution in [0.2, 0.25) is 0 Å². The topological polar surface area (TPSA) is 150 Å². The van der Waals surface area contributed by atoms with Gasteiger partial charge in [-0.3, -0.25) is 4.21 Å². The van der Waals surface area contributed by atoms with E-state index in [0.29, 0.717) is 25.1 Å². The number of hydrogen-bond acceptors (Lipinski definition) is 8. The number of carbonyl (C=O) groups is 1. The summed E-state index contributed by atoms with van der Waals surface area (Å²) >= 11 is -2.66. The van der Waals surface area contributed by atoms with Crippen molar-refractivity contribution in [3.63, 3.8) is 0 Å². The largest absolute Gasteiger partial charge is 0.768 e. The van der Waals surface area contributed by atoms with Gasteiger partial charge >= 0.3 is 5.97 Å². The van der Waals surface area contributed by atoms with E-state index in [1.165, 1.54) is 18.2 Å². The molecular formula is C22H26FN2O7S2-. The van der Waals surface area contributed by atoms with Crippen molar-refractivity contribution < 1.29 is 36.2 Å². The number of piperidine rings is 1. The van der Waals surface area contributed by atoms with Gasteiger partial charge in [0, 0.05) is 24.9 Å². The van der Waals surface area contributed by atoms with Crippen LogP contribution in [0.25, 0.3) is 0 Å². The summed E-state index contributed by atoms with van der Waals surface area (Å²) in [5.41, 5.74) is 6.57. The van der Waals surface area contributed by atoms with E-state index in [0.717, 1.165) is 37.7 Å². The van der Waals surface area contributed by atoms with Gasteiger partial charge in [0.25, 0.3) is 0 Å². The van der Waals surface area contributed by atoms with Crippen molar-refractivity contribution in [1.82, 2.24) is 0 Å². The van der Waals surface area contributed by atoms with E-state index >= 15 is 0 Å². The number of nitrogens with zero attached hydrogens (tertiary/aromatic N) is 1. The maximum absolute atomic E-state index is 14.5. The second-order valence-corrected chi connectivity index (χ2v) is 11.0. The normalized spacial score (nSPS) is 17.4. The first-order chi connectivity index (χ1) is 16.0. The van der Waals surface area contributed by atoms with Crippen LogP contribution in [0.4, 0.5) is 15.8 Å². The highest BCUT2D eigenvalue weighted by Crippen LogP contribution is 2.34. The minimum atomic E-state index is -3.74. The van der Waals surface area contributed by atoms with Gasteiger partial charge in [-0.15, -0.1) is 0 Å². The third-order valence-electron chi connectivity index (χ3n) is 5.73. The van der Waals surface area contributed by atoms with Gasteiger partial charge < -0.3 is 25.0 Å². The number of nitrogens with two attached hydrogens (primary N) is 1. The summed E-state index contributed by atoms with van der Waals surface area (Å²) in [6, 6.07) is 5.97. The summed E-state index contributed by atoms with van der Waals surface area (Å²) in [6.45, 7) is 0.834. The Balaban J connectivity index is 1.69. The third-order valence-corrected chi connectivity index (χ3v) is 7.52. The Hall–Kier alpha value is -2.70. The van der Waals surface area contributed by atoms with E-state index in [-0.39, 0.29) is 34.5 Å². The number of ether oxygens (including phenoxy) is 1. The number of aromatic carboxylic acids is 1. The molecule has 0 aliphatic carbocycles. The number of carboxylic acid groups (broad SMARTS) is 1. The molecule has 1 saturated heterocycles. The first-order valence-corrected chi connectivity index (χ1v) is 13.6. The predicted molar refractivity (Wildman–Crippen MR) is 124 cm³/mol. The third kappa shape index (κ3) is 6.05. The monoisotopic (exact) mass is 513 g/mol. The van der Waals surface area contributed by atoms with Gasteiger partial charge in [0.2, 0.25) is 0 Å². The van der Waals surface area contributed by atoms with Crippen LogP contribution in [0.5, 0.6) is 5.75 Å². The molecule has 9 nitrogen and oxygen atoms in total. The molecule has 12 heteroatoms. The van der Waals surface area contributed by atoms with Crippen LogP contribution >= 0.6 is 0 Å². The molecule has 1 aliphatic heterocycles. The fourth-order valence-electron chi connectivity index (χ4n) is 4.10. The molecule has 0 amide bonds.